The Hall–Kier alpha value is 0.440. The van der Waals surface area contributed by atoms with Crippen molar-refractivity contribution >= 4 is 21.6 Å². The van der Waals surface area contributed by atoms with Crippen molar-refractivity contribution in [3.05, 3.63) is 11.5 Å². The Bertz CT molecular complexity index is 204. The monoisotopic (exact) mass is 358 g/mol. The van der Waals surface area contributed by atoms with Gasteiger partial charge in [0.05, 0.1) is 0 Å². The van der Waals surface area contributed by atoms with Gasteiger partial charge in [-0.1, -0.05) is 144 Å². The molecule has 1 aliphatic heterocycles. The first kappa shape index (κ1) is 23.4. The SMILES string of the molecule is C1=CSSC1.CCCCCCCCCCCCCCCCCC. The van der Waals surface area contributed by atoms with Crippen LogP contribution in [0.25, 0.3) is 0 Å². The summed E-state index contributed by atoms with van der Waals surface area (Å²) in [5.41, 5.74) is 0. The van der Waals surface area contributed by atoms with Gasteiger partial charge < -0.3 is 0 Å². The molecule has 0 aromatic carbocycles. The molecule has 0 spiro atoms. The zero-order valence-electron chi connectivity index (χ0n) is 16.0. The normalized spacial score (nSPS) is 13.1. The van der Waals surface area contributed by atoms with E-state index in [0.717, 1.165) is 0 Å². The highest BCUT2D eigenvalue weighted by Gasteiger charge is 1.93. The zero-order chi connectivity index (χ0) is 16.8. The summed E-state index contributed by atoms with van der Waals surface area (Å²) < 4.78 is 0. The smallest absolute Gasteiger partial charge is 0.0229 e. The maximum Gasteiger partial charge on any atom is 0.0229 e. The van der Waals surface area contributed by atoms with E-state index in [2.05, 4.69) is 25.3 Å². The molecule has 2 heteroatoms. The number of rotatable bonds is 15. The van der Waals surface area contributed by atoms with Crippen molar-refractivity contribution in [2.24, 2.45) is 0 Å². The van der Waals surface area contributed by atoms with Gasteiger partial charge in [-0.15, -0.1) is 0 Å². The van der Waals surface area contributed by atoms with Crippen molar-refractivity contribution in [3.63, 3.8) is 0 Å². The van der Waals surface area contributed by atoms with E-state index in [0.29, 0.717) is 0 Å². The lowest BCUT2D eigenvalue weighted by Crippen LogP contribution is -1.83. The Morgan fingerprint density at radius 2 is 0.913 bits per heavy atom. The average Bonchev–Trinajstić information content (AvgIpc) is 3.15. The molecule has 0 bridgehead atoms. The average molecular weight is 359 g/mol. The molecule has 0 nitrogen and oxygen atoms in total. The fraction of sp³-hybridized carbons (Fsp3) is 0.905. The van der Waals surface area contributed by atoms with Crippen molar-refractivity contribution in [2.75, 3.05) is 5.75 Å². The predicted molar refractivity (Wildman–Crippen MR) is 114 cm³/mol. The number of hydrogen-bond donors (Lipinski definition) is 0. The van der Waals surface area contributed by atoms with Gasteiger partial charge in [-0.05, 0) is 5.41 Å². The third kappa shape index (κ3) is 22.4. The van der Waals surface area contributed by atoms with E-state index >= 15 is 0 Å². The molecule has 0 saturated heterocycles. The molecule has 1 rings (SSSR count). The Morgan fingerprint density at radius 3 is 1.09 bits per heavy atom. The first-order valence-electron chi connectivity index (χ1n) is 10.3. The maximum absolute atomic E-state index is 2.29. The summed E-state index contributed by atoms with van der Waals surface area (Å²) in [4.78, 5) is 0. The highest BCUT2D eigenvalue weighted by Crippen LogP contribution is 2.27. The van der Waals surface area contributed by atoms with E-state index in [1.165, 1.54) is 108 Å². The third-order valence-electron chi connectivity index (χ3n) is 4.34. The maximum atomic E-state index is 2.29. The lowest BCUT2D eigenvalue weighted by atomic mass is 10.0. The Labute approximate surface area is 155 Å². The highest BCUT2D eigenvalue weighted by atomic mass is 33.1. The van der Waals surface area contributed by atoms with Crippen LogP contribution in [0.3, 0.4) is 0 Å². The molecule has 0 N–H and O–H groups in total. The van der Waals surface area contributed by atoms with Crippen LogP contribution in [0.4, 0.5) is 0 Å². The molecule has 1 aliphatic rings. The van der Waals surface area contributed by atoms with Crippen molar-refractivity contribution in [1.29, 1.82) is 0 Å². The molecule has 0 aromatic heterocycles. The van der Waals surface area contributed by atoms with E-state index in [1.54, 1.807) is 0 Å². The van der Waals surface area contributed by atoms with Crippen molar-refractivity contribution < 1.29 is 0 Å². The van der Waals surface area contributed by atoms with Gasteiger partial charge in [0.25, 0.3) is 0 Å². The first-order valence-corrected chi connectivity index (χ1v) is 12.7. The van der Waals surface area contributed by atoms with E-state index < -0.39 is 0 Å². The van der Waals surface area contributed by atoms with Crippen LogP contribution in [-0.4, -0.2) is 5.75 Å². The lowest BCUT2D eigenvalue weighted by molar-refractivity contribution is 0.531. The summed E-state index contributed by atoms with van der Waals surface area (Å²) in [5, 5.41) is 2.12. The van der Waals surface area contributed by atoms with Crippen LogP contribution in [0.1, 0.15) is 117 Å². The van der Waals surface area contributed by atoms with Crippen LogP contribution >= 0.6 is 21.6 Å². The standard InChI is InChI=1S/C18H38.C3H4S2/c1-3-5-7-9-11-13-15-17-18-16-14-12-10-8-6-4-2;1-2-4-5-3-1/h3-18H2,1-2H3;1-2H,3H2. The van der Waals surface area contributed by atoms with Crippen LogP contribution in [0, 0.1) is 0 Å². The minimum absolute atomic E-state index is 1.20. The largest absolute Gasteiger partial charge is 0.0854 e. The van der Waals surface area contributed by atoms with Crippen LogP contribution in [0.2, 0.25) is 0 Å². The fourth-order valence-electron chi connectivity index (χ4n) is 2.82. The molecule has 138 valence electrons. The van der Waals surface area contributed by atoms with Crippen LogP contribution in [-0.2, 0) is 0 Å². The second-order valence-electron chi connectivity index (χ2n) is 6.70. The Morgan fingerprint density at radius 1 is 0.565 bits per heavy atom. The van der Waals surface area contributed by atoms with Crippen molar-refractivity contribution in [1.82, 2.24) is 0 Å². The first-order chi connectivity index (χ1) is 11.4. The van der Waals surface area contributed by atoms with Gasteiger partial charge in [0.15, 0.2) is 0 Å². The molecular weight excluding hydrogens is 316 g/mol. The summed E-state index contributed by atoms with van der Waals surface area (Å²) in [5.74, 6) is 1.20. The predicted octanol–water partition coefficient (Wildman–Crippen LogP) is 9.16. The molecular formula is C21H42S2. The van der Waals surface area contributed by atoms with Gasteiger partial charge >= 0.3 is 0 Å². The summed E-state index contributed by atoms with van der Waals surface area (Å²) in [6.07, 6.45) is 25.6. The summed E-state index contributed by atoms with van der Waals surface area (Å²) >= 11 is 0. The van der Waals surface area contributed by atoms with E-state index in [-0.39, 0.29) is 0 Å². The van der Waals surface area contributed by atoms with Gasteiger partial charge in [0.1, 0.15) is 0 Å². The molecule has 0 saturated carbocycles. The van der Waals surface area contributed by atoms with Crippen LogP contribution in [0.5, 0.6) is 0 Å². The minimum atomic E-state index is 1.20. The highest BCUT2D eigenvalue weighted by molar-refractivity contribution is 8.78. The molecule has 0 aromatic rings. The van der Waals surface area contributed by atoms with Crippen LogP contribution < -0.4 is 0 Å². The molecule has 0 amide bonds. The fourth-order valence-corrected chi connectivity index (χ4v) is 4.39. The van der Waals surface area contributed by atoms with Gasteiger partial charge in [0, 0.05) is 5.75 Å². The van der Waals surface area contributed by atoms with Gasteiger partial charge in [-0.2, -0.15) is 0 Å². The molecule has 23 heavy (non-hydrogen) atoms. The van der Waals surface area contributed by atoms with Gasteiger partial charge in [0.2, 0.25) is 0 Å². The Kier molecular flexibility index (Phi) is 22.9. The third-order valence-corrected chi connectivity index (χ3v) is 6.26. The van der Waals surface area contributed by atoms with Gasteiger partial charge in [-0.3, -0.25) is 0 Å². The van der Waals surface area contributed by atoms with E-state index in [4.69, 9.17) is 0 Å². The summed E-state index contributed by atoms with van der Waals surface area (Å²) in [6, 6.07) is 0. The van der Waals surface area contributed by atoms with Crippen molar-refractivity contribution in [2.45, 2.75) is 117 Å². The molecule has 0 fully saturated rings. The Balaban J connectivity index is 0.000000809. The minimum Gasteiger partial charge on any atom is -0.0854 e. The van der Waals surface area contributed by atoms with Gasteiger partial charge in [-0.25, -0.2) is 0 Å². The molecule has 0 radical (unpaired) electrons. The number of unbranched alkanes of at least 4 members (excludes halogenated alkanes) is 15. The van der Waals surface area contributed by atoms with E-state index in [9.17, 15) is 0 Å². The summed E-state index contributed by atoms with van der Waals surface area (Å²) in [7, 11) is 3.69. The lowest BCUT2D eigenvalue weighted by Gasteiger charge is -2.03. The molecule has 0 aliphatic carbocycles. The second kappa shape index (κ2) is 22.4. The molecule has 1 heterocycles. The van der Waals surface area contributed by atoms with Crippen molar-refractivity contribution in [3.8, 4) is 0 Å². The molecule has 0 atom stereocenters. The topological polar surface area (TPSA) is 0 Å². The van der Waals surface area contributed by atoms with Crippen LogP contribution in [0.15, 0.2) is 11.5 Å². The zero-order valence-corrected chi connectivity index (χ0v) is 17.6. The van der Waals surface area contributed by atoms with E-state index in [1.807, 2.05) is 21.6 Å². The molecule has 0 unspecified atom stereocenters. The second-order valence-corrected chi connectivity index (χ2v) is 9.02. The quantitative estimate of drug-likeness (QED) is 0.211. The number of hydrogen-bond acceptors (Lipinski definition) is 2. The summed E-state index contributed by atoms with van der Waals surface area (Å²) in [6.45, 7) is 4.59.